The minimum absolute atomic E-state index is 0.0544. The van der Waals surface area contributed by atoms with Gasteiger partial charge in [-0.1, -0.05) is 0 Å². The van der Waals surface area contributed by atoms with Gasteiger partial charge in [-0.15, -0.1) is 0 Å². The van der Waals surface area contributed by atoms with Crippen LogP contribution in [-0.4, -0.2) is 13.1 Å². The highest BCUT2D eigenvalue weighted by Crippen LogP contribution is 2.22. The molecule has 0 amide bonds. The van der Waals surface area contributed by atoms with Gasteiger partial charge in [-0.05, 0) is 50.7 Å². The average molecular weight is 359 g/mol. The maximum atomic E-state index is 13.3. The second-order valence-electron chi connectivity index (χ2n) is 2.24. The Bertz CT molecular complexity index is 354. The van der Waals surface area contributed by atoms with Crippen molar-refractivity contribution < 1.29 is 13.9 Å². The number of hydrogen-bond donors (Lipinski definition) is 0. The molecule has 0 saturated carbocycles. The fourth-order valence-corrected chi connectivity index (χ4v) is 2.33. The molecule has 0 bridgehead atoms. The van der Waals surface area contributed by atoms with Crippen molar-refractivity contribution in [2.45, 2.75) is 0 Å². The third kappa shape index (κ3) is 2.40. The van der Waals surface area contributed by atoms with Crippen molar-refractivity contribution in [1.29, 1.82) is 0 Å². The van der Waals surface area contributed by atoms with Gasteiger partial charge in [-0.3, -0.25) is 0 Å². The summed E-state index contributed by atoms with van der Waals surface area (Å²) in [4.78, 5) is 11.1. The zero-order chi connectivity index (χ0) is 10.0. The van der Waals surface area contributed by atoms with E-state index in [-0.39, 0.29) is 10.0 Å². The Labute approximate surface area is 96.7 Å². The molecular formula is C8H5BrFIO2. The fourth-order valence-electron chi connectivity index (χ4n) is 0.814. The van der Waals surface area contributed by atoms with Crippen LogP contribution < -0.4 is 0 Å². The van der Waals surface area contributed by atoms with Crippen molar-refractivity contribution in [1.82, 2.24) is 0 Å². The summed E-state index contributed by atoms with van der Waals surface area (Å²) in [6.07, 6.45) is 0. The van der Waals surface area contributed by atoms with E-state index in [1.807, 2.05) is 22.6 Å². The molecule has 0 radical (unpaired) electrons. The SMILES string of the molecule is COC(=O)c1cc(I)cc(Br)c1F. The number of hydrogen-bond acceptors (Lipinski definition) is 2. The zero-order valence-corrected chi connectivity index (χ0v) is 10.3. The van der Waals surface area contributed by atoms with E-state index in [0.717, 1.165) is 3.57 Å². The van der Waals surface area contributed by atoms with Gasteiger partial charge in [0.15, 0.2) is 5.82 Å². The summed E-state index contributed by atoms with van der Waals surface area (Å²) < 4.78 is 18.7. The number of carbonyl (C=O) groups is 1. The lowest BCUT2D eigenvalue weighted by atomic mass is 10.2. The molecule has 70 valence electrons. The summed E-state index contributed by atoms with van der Waals surface area (Å²) in [7, 11) is 1.22. The van der Waals surface area contributed by atoms with E-state index in [1.54, 1.807) is 6.07 Å². The van der Waals surface area contributed by atoms with Crippen molar-refractivity contribution in [2.75, 3.05) is 7.11 Å². The van der Waals surface area contributed by atoms with Crippen molar-refractivity contribution in [3.05, 3.63) is 31.6 Å². The highest BCUT2D eigenvalue weighted by molar-refractivity contribution is 14.1. The summed E-state index contributed by atoms with van der Waals surface area (Å²) in [6.45, 7) is 0. The molecule has 0 fully saturated rings. The molecule has 0 aliphatic rings. The lowest BCUT2D eigenvalue weighted by Crippen LogP contribution is -2.05. The Kier molecular flexibility index (Phi) is 3.66. The van der Waals surface area contributed by atoms with Crippen LogP contribution in [0.3, 0.4) is 0 Å². The van der Waals surface area contributed by atoms with Gasteiger partial charge >= 0.3 is 5.97 Å². The van der Waals surface area contributed by atoms with Gasteiger partial charge in [0.1, 0.15) is 0 Å². The standard InChI is InChI=1S/C8H5BrFIO2/c1-13-8(12)5-2-4(11)3-6(9)7(5)10/h2-3H,1H3. The molecular weight excluding hydrogens is 354 g/mol. The predicted octanol–water partition coefficient (Wildman–Crippen LogP) is 2.98. The van der Waals surface area contributed by atoms with Gasteiger partial charge in [-0.2, -0.15) is 0 Å². The van der Waals surface area contributed by atoms with Gasteiger partial charge in [0.25, 0.3) is 0 Å². The minimum Gasteiger partial charge on any atom is -0.465 e. The fraction of sp³-hybridized carbons (Fsp3) is 0.125. The molecule has 0 aliphatic carbocycles. The summed E-state index contributed by atoms with van der Waals surface area (Å²) in [5.74, 6) is -1.26. The quantitative estimate of drug-likeness (QED) is 0.438. The Balaban J connectivity index is 3.28. The Morgan fingerprint density at radius 3 is 2.77 bits per heavy atom. The number of carbonyl (C=O) groups excluding carboxylic acids is 1. The first-order valence-corrected chi connectivity index (χ1v) is 5.16. The number of esters is 1. The van der Waals surface area contributed by atoms with E-state index < -0.39 is 11.8 Å². The molecule has 0 heterocycles. The van der Waals surface area contributed by atoms with E-state index >= 15 is 0 Å². The second-order valence-corrected chi connectivity index (χ2v) is 4.34. The first kappa shape index (κ1) is 10.9. The van der Waals surface area contributed by atoms with E-state index in [0.29, 0.717) is 0 Å². The monoisotopic (exact) mass is 358 g/mol. The summed E-state index contributed by atoms with van der Waals surface area (Å²) in [5, 5.41) is 0. The van der Waals surface area contributed by atoms with Crippen LogP contribution in [0.2, 0.25) is 0 Å². The molecule has 0 unspecified atom stereocenters. The van der Waals surface area contributed by atoms with Gasteiger partial charge < -0.3 is 4.74 Å². The van der Waals surface area contributed by atoms with Crippen LogP contribution >= 0.6 is 38.5 Å². The molecule has 1 aromatic carbocycles. The highest BCUT2D eigenvalue weighted by atomic mass is 127. The van der Waals surface area contributed by atoms with Crippen LogP contribution in [-0.2, 0) is 4.74 Å². The van der Waals surface area contributed by atoms with Crippen LogP contribution in [0.1, 0.15) is 10.4 Å². The average Bonchev–Trinajstić information content (AvgIpc) is 2.10. The maximum Gasteiger partial charge on any atom is 0.340 e. The largest absolute Gasteiger partial charge is 0.465 e. The van der Waals surface area contributed by atoms with Gasteiger partial charge in [0.2, 0.25) is 0 Å². The second kappa shape index (κ2) is 4.36. The molecule has 13 heavy (non-hydrogen) atoms. The third-order valence-electron chi connectivity index (χ3n) is 1.40. The maximum absolute atomic E-state index is 13.3. The molecule has 0 N–H and O–H groups in total. The van der Waals surface area contributed by atoms with Crippen LogP contribution in [0.4, 0.5) is 4.39 Å². The number of ether oxygens (including phenoxy) is 1. The predicted molar refractivity (Wildman–Crippen MR) is 58.2 cm³/mol. The smallest absolute Gasteiger partial charge is 0.340 e. The molecule has 1 rings (SSSR count). The summed E-state index contributed by atoms with van der Waals surface area (Å²) >= 11 is 5.00. The van der Waals surface area contributed by atoms with Crippen LogP contribution in [0.5, 0.6) is 0 Å². The number of benzene rings is 1. The van der Waals surface area contributed by atoms with Crippen molar-refractivity contribution in [2.24, 2.45) is 0 Å². The molecule has 0 aromatic heterocycles. The Morgan fingerprint density at radius 1 is 1.62 bits per heavy atom. The van der Waals surface area contributed by atoms with Crippen molar-refractivity contribution in [3.63, 3.8) is 0 Å². The highest BCUT2D eigenvalue weighted by Gasteiger charge is 2.15. The number of halogens is 3. The third-order valence-corrected chi connectivity index (χ3v) is 2.60. The topological polar surface area (TPSA) is 26.3 Å². The zero-order valence-electron chi connectivity index (χ0n) is 6.61. The molecule has 2 nitrogen and oxygen atoms in total. The van der Waals surface area contributed by atoms with E-state index in [1.165, 1.54) is 13.2 Å². The molecule has 0 atom stereocenters. The van der Waals surface area contributed by atoms with E-state index in [9.17, 15) is 9.18 Å². The van der Waals surface area contributed by atoms with Crippen molar-refractivity contribution in [3.8, 4) is 0 Å². The molecule has 0 aliphatic heterocycles. The minimum atomic E-state index is -0.670. The van der Waals surface area contributed by atoms with E-state index in [2.05, 4.69) is 20.7 Å². The molecule has 5 heteroatoms. The number of methoxy groups -OCH3 is 1. The Hall–Kier alpha value is -0.170. The van der Waals surface area contributed by atoms with Gasteiger partial charge in [0, 0.05) is 3.57 Å². The molecule has 1 aromatic rings. The molecule has 0 saturated heterocycles. The van der Waals surface area contributed by atoms with Crippen LogP contribution in [0.15, 0.2) is 16.6 Å². The normalized spacial score (nSPS) is 9.85. The summed E-state index contributed by atoms with van der Waals surface area (Å²) in [6, 6.07) is 3.02. The van der Waals surface area contributed by atoms with Gasteiger partial charge in [-0.25, -0.2) is 9.18 Å². The molecule has 0 spiro atoms. The first-order valence-electron chi connectivity index (χ1n) is 3.29. The van der Waals surface area contributed by atoms with E-state index in [4.69, 9.17) is 0 Å². The van der Waals surface area contributed by atoms with Crippen LogP contribution in [0, 0.1) is 9.39 Å². The Morgan fingerprint density at radius 2 is 2.23 bits per heavy atom. The number of rotatable bonds is 1. The van der Waals surface area contributed by atoms with Gasteiger partial charge in [0.05, 0.1) is 17.1 Å². The van der Waals surface area contributed by atoms with Crippen LogP contribution in [0.25, 0.3) is 0 Å². The first-order chi connectivity index (χ1) is 6.06. The lowest BCUT2D eigenvalue weighted by Gasteiger charge is -2.03. The van der Waals surface area contributed by atoms with Crippen molar-refractivity contribution >= 4 is 44.5 Å². The summed E-state index contributed by atoms with van der Waals surface area (Å²) in [5.41, 5.74) is -0.0544. The lowest BCUT2D eigenvalue weighted by molar-refractivity contribution is 0.0595.